The lowest BCUT2D eigenvalue weighted by molar-refractivity contribution is 0.485. The van der Waals surface area contributed by atoms with Crippen LogP contribution in [0.25, 0.3) is 0 Å². The molecule has 0 bridgehead atoms. The molecule has 1 N–H and O–H groups in total. The Balaban J connectivity index is 2.31. The first-order valence-electron chi connectivity index (χ1n) is 5.46. The zero-order chi connectivity index (χ0) is 11.1. The summed E-state index contributed by atoms with van der Waals surface area (Å²) in [5, 5.41) is 3.31. The van der Waals surface area contributed by atoms with E-state index < -0.39 is 0 Å². The van der Waals surface area contributed by atoms with Crippen LogP contribution in [0, 0.1) is 6.92 Å². The van der Waals surface area contributed by atoms with Crippen LogP contribution < -0.4 is 5.32 Å². The molecule has 0 fully saturated rings. The second-order valence-electron chi connectivity index (χ2n) is 3.53. The average molecular weight is 204 g/mol. The lowest BCUT2D eigenvalue weighted by Crippen LogP contribution is -2.30. The normalized spacial score (nSPS) is 10.4. The van der Waals surface area contributed by atoms with Crippen molar-refractivity contribution in [1.82, 2.24) is 9.79 Å². The van der Waals surface area contributed by atoms with Gasteiger partial charge < -0.3 is 10.1 Å². The van der Waals surface area contributed by atoms with Crippen molar-refractivity contribution in [2.24, 2.45) is 0 Å². The van der Waals surface area contributed by atoms with Gasteiger partial charge in [-0.2, -0.15) is 0 Å². The highest BCUT2D eigenvalue weighted by atomic mass is 15.1. The van der Waals surface area contributed by atoms with Crippen LogP contribution in [0.15, 0.2) is 18.3 Å². The predicted molar refractivity (Wildman–Crippen MR) is 66.3 cm³/mol. The number of aryl methyl sites for hydroxylation is 1. The van der Waals surface area contributed by atoms with Gasteiger partial charge in [0, 0.05) is 19.3 Å². The van der Waals surface area contributed by atoms with E-state index in [1.54, 1.807) is 0 Å². The molecule has 0 saturated heterocycles. The molecule has 0 saturated carbocycles. The van der Waals surface area contributed by atoms with E-state index in [1.807, 2.05) is 12.3 Å². The third kappa shape index (κ3) is 4.34. The van der Waals surface area contributed by atoms with Crippen molar-refractivity contribution in [2.45, 2.75) is 20.7 Å². The number of nitrogens with one attached hydrogen (secondary N) is 1. The summed E-state index contributed by atoms with van der Waals surface area (Å²) in [5.41, 5.74) is 1.24. The number of likely N-dealkylation sites (N-methyl/N-ethyl adjacent to an activating group) is 1. The van der Waals surface area contributed by atoms with E-state index in [0.717, 1.165) is 25.5 Å². The van der Waals surface area contributed by atoms with Gasteiger partial charge in [0.05, 0.1) is 0 Å². The van der Waals surface area contributed by atoms with Gasteiger partial charge in [-0.25, -0.2) is 4.98 Å². The number of hydrogen-bond donors (Lipinski definition) is 1. The maximum atomic E-state index is 4.25. The summed E-state index contributed by atoms with van der Waals surface area (Å²) < 4.78 is 0. The van der Waals surface area contributed by atoms with Crippen molar-refractivity contribution in [2.75, 3.05) is 25.0 Å². The van der Waals surface area contributed by atoms with E-state index in [-0.39, 0.29) is 0 Å². The molecule has 4 heteroatoms. The predicted octanol–water partition coefficient (Wildman–Crippen LogP) is 1.79. The molecule has 1 radical (unpaired) electrons. The zero-order valence-electron chi connectivity index (χ0n) is 9.83. The van der Waals surface area contributed by atoms with E-state index >= 15 is 0 Å². The van der Waals surface area contributed by atoms with Crippen LogP contribution in [0.5, 0.6) is 0 Å². The lowest BCUT2D eigenvalue weighted by atomic mass is 9.96. The second kappa shape index (κ2) is 6.46. The smallest absolute Gasteiger partial charge is 0.205 e. The van der Waals surface area contributed by atoms with Crippen molar-refractivity contribution in [3.05, 3.63) is 23.9 Å². The molecule has 3 nitrogen and oxygen atoms in total. The molecule has 0 unspecified atom stereocenters. The Morgan fingerprint density at radius 2 is 2.33 bits per heavy atom. The molecule has 0 aliphatic heterocycles. The van der Waals surface area contributed by atoms with Crippen molar-refractivity contribution in [3.8, 4) is 0 Å². The molecule has 0 aromatic carbocycles. The highest BCUT2D eigenvalue weighted by molar-refractivity contribution is 6.29. The standard InChI is InChI=1S/C11H19BN3/c1-4-15(12-3)8-7-14-11-9-10(2)5-6-13-11/h5-6,9H,4,7-8H2,1-3H3,(H,13,14). The van der Waals surface area contributed by atoms with Gasteiger partial charge in [-0.15, -0.1) is 0 Å². The SMILES string of the molecule is C[B]N(CC)CCNc1cc(C)ccn1. The fourth-order valence-electron chi connectivity index (χ4n) is 1.43. The van der Waals surface area contributed by atoms with Crippen molar-refractivity contribution in [1.29, 1.82) is 0 Å². The maximum Gasteiger partial charge on any atom is 0.205 e. The van der Waals surface area contributed by atoms with E-state index in [2.05, 4.69) is 49.3 Å². The Kier molecular flexibility index (Phi) is 5.19. The minimum atomic E-state index is 0.925. The number of rotatable bonds is 6. The van der Waals surface area contributed by atoms with Gasteiger partial charge >= 0.3 is 0 Å². The summed E-state index contributed by atoms with van der Waals surface area (Å²) in [6.45, 7) is 9.29. The minimum Gasteiger partial charge on any atom is -0.369 e. The van der Waals surface area contributed by atoms with Crippen LogP contribution in [-0.2, 0) is 0 Å². The van der Waals surface area contributed by atoms with Gasteiger partial charge in [-0.05, 0) is 31.2 Å². The molecular weight excluding hydrogens is 185 g/mol. The number of anilines is 1. The van der Waals surface area contributed by atoms with Crippen LogP contribution in [0.2, 0.25) is 6.82 Å². The number of nitrogens with zero attached hydrogens (tertiary/aromatic N) is 2. The molecule has 0 spiro atoms. The Bertz CT molecular complexity index is 287. The number of aromatic nitrogens is 1. The first kappa shape index (κ1) is 12.0. The van der Waals surface area contributed by atoms with Crippen LogP contribution in [-0.4, -0.2) is 36.8 Å². The zero-order valence-corrected chi connectivity index (χ0v) is 9.83. The summed E-state index contributed by atoms with van der Waals surface area (Å²) in [5.74, 6) is 0.960. The van der Waals surface area contributed by atoms with Gasteiger partial charge in [0.15, 0.2) is 0 Å². The van der Waals surface area contributed by atoms with E-state index in [1.165, 1.54) is 5.56 Å². The first-order valence-corrected chi connectivity index (χ1v) is 5.46. The van der Waals surface area contributed by atoms with Crippen LogP contribution >= 0.6 is 0 Å². The first-order chi connectivity index (χ1) is 7.26. The third-order valence-electron chi connectivity index (χ3n) is 2.39. The molecule has 0 amide bonds. The summed E-state index contributed by atoms with van der Waals surface area (Å²) in [6.07, 6.45) is 1.83. The molecule has 1 rings (SSSR count). The largest absolute Gasteiger partial charge is 0.369 e. The van der Waals surface area contributed by atoms with Crippen LogP contribution in [0.3, 0.4) is 0 Å². The fourth-order valence-corrected chi connectivity index (χ4v) is 1.43. The summed E-state index contributed by atoms with van der Waals surface area (Å²) in [6, 6.07) is 4.06. The van der Waals surface area contributed by atoms with Crippen molar-refractivity contribution >= 4 is 13.2 Å². The Morgan fingerprint density at radius 1 is 1.53 bits per heavy atom. The Hall–Kier alpha value is -1.03. The van der Waals surface area contributed by atoms with Crippen LogP contribution in [0.1, 0.15) is 12.5 Å². The molecule has 0 aliphatic carbocycles. The van der Waals surface area contributed by atoms with Gasteiger partial charge in [0.25, 0.3) is 0 Å². The summed E-state index contributed by atoms with van der Waals surface area (Å²) in [4.78, 5) is 6.51. The average Bonchev–Trinajstić information content (AvgIpc) is 2.25. The molecule has 1 aromatic heterocycles. The fraction of sp³-hybridized carbons (Fsp3) is 0.545. The summed E-state index contributed by atoms with van der Waals surface area (Å²) >= 11 is 0. The van der Waals surface area contributed by atoms with Gasteiger partial charge in [0.2, 0.25) is 7.41 Å². The molecular formula is C11H19BN3. The number of pyridine rings is 1. The minimum absolute atomic E-state index is 0.925. The third-order valence-corrected chi connectivity index (χ3v) is 2.39. The Morgan fingerprint density at radius 3 is 2.93 bits per heavy atom. The molecule has 0 aliphatic rings. The highest BCUT2D eigenvalue weighted by Gasteiger charge is 1.99. The second-order valence-corrected chi connectivity index (χ2v) is 3.53. The van der Waals surface area contributed by atoms with Crippen molar-refractivity contribution in [3.63, 3.8) is 0 Å². The van der Waals surface area contributed by atoms with Gasteiger partial charge in [0.1, 0.15) is 5.82 Å². The quantitative estimate of drug-likeness (QED) is 0.716. The maximum absolute atomic E-state index is 4.25. The molecule has 15 heavy (non-hydrogen) atoms. The van der Waals surface area contributed by atoms with Crippen molar-refractivity contribution < 1.29 is 0 Å². The molecule has 81 valence electrons. The number of hydrogen-bond acceptors (Lipinski definition) is 3. The Labute approximate surface area is 93.2 Å². The van der Waals surface area contributed by atoms with E-state index in [4.69, 9.17) is 0 Å². The molecule has 1 heterocycles. The summed E-state index contributed by atoms with van der Waals surface area (Å²) in [7, 11) is 2.12. The van der Waals surface area contributed by atoms with Gasteiger partial charge in [-0.3, -0.25) is 0 Å². The van der Waals surface area contributed by atoms with Crippen LogP contribution in [0.4, 0.5) is 5.82 Å². The van der Waals surface area contributed by atoms with Gasteiger partial charge in [-0.1, -0.05) is 13.7 Å². The molecule has 1 aromatic rings. The lowest BCUT2D eigenvalue weighted by Gasteiger charge is -2.17. The molecule has 0 atom stereocenters. The van der Waals surface area contributed by atoms with E-state index in [9.17, 15) is 0 Å². The van der Waals surface area contributed by atoms with E-state index in [0.29, 0.717) is 0 Å². The highest BCUT2D eigenvalue weighted by Crippen LogP contribution is 2.04. The topological polar surface area (TPSA) is 28.2 Å². The monoisotopic (exact) mass is 204 g/mol.